The van der Waals surface area contributed by atoms with E-state index in [-0.39, 0.29) is 24.0 Å². The highest BCUT2D eigenvalue weighted by molar-refractivity contribution is 7.10. The van der Waals surface area contributed by atoms with Crippen LogP contribution in [0.15, 0.2) is 23.7 Å². The molecule has 0 aliphatic carbocycles. The van der Waals surface area contributed by atoms with E-state index in [0.29, 0.717) is 6.61 Å². The van der Waals surface area contributed by atoms with Crippen LogP contribution in [0, 0.1) is 12.8 Å². The molecule has 3 rings (SSSR count). The fourth-order valence-corrected chi connectivity index (χ4v) is 3.62. The van der Waals surface area contributed by atoms with Gasteiger partial charge in [-0.25, -0.2) is 0 Å². The maximum Gasteiger partial charge on any atom is 0.226 e. The summed E-state index contributed by atoms with van der Waals surface area (Å²) in [6, 6.07) is 4.08. The molecule has 1 saturated heterocycles. The van der Waals surface area contributed by atoms with Gasteiger partial charge in [-0.15, -0.1) is 11.3 Å². The molecule has 6 heteroatoms. The number of ether oxygens (including phenoxy) is 1. The number of nitrogens with zero attached hydrogens (tertiary/aromatic N) is 2. The summed E-state index contributed by atoms with van der Waals surface area (Å²) < 4.78 is 7.65. The maximum absolute atomic E-state index is 12.6. The zero-order valence-electron chi connectivity index (χ0n) is 13.1. The second-order valence-corrected chi connectivity index (χ2v) is 6.72. The van der Waals surface area contributed by atoms with E-state index in [2.05, 4.69) is 10.4 Å². The molecular formula is C16H21N3O2S. The molecule has 0 spiro atoms. The van der Waals surface area contributed by atoms with Crippen molar-refractivity contribution in [3.63, 3.8) is 0 Å². The summed E-state index contributed by atoms with van der Waals surface area (Å²) in [5.41, 5.74) is 2.07. The molecule has 2 aromatic heterocycles. The predicted octanol–water partition coefficient (Wildman–Crippen LogP) is 2.75. The highest BCUT2D eigenvalue weighted by atomic mass is 32.1. The highest BCUT2D eigenvalue weighted by Crippen LogP contribution is 2.36. The number of hydrogen-bond acceptors (Lipinski definition) is 4. The predicted molar refractivity (Wildman–Crippen MR) is 85.6 cm³/mol. The molecule has 1 aliphatic heterocycles. The molecule has 5 nitrogen and oxygen atoms in total. The molecular weight excluding hydrogens is 298 g/mol. The first-order valence-electron chi connectivity index (χ1n) is 7.51. The number of aryl methyl sites for hydroxylation is 1. The van der Waals surface area contributed by atoms with Crippen LogP contribution < -0.4 is 5.32 Å². The van der Waals surface area contributed by atoms with Crippen LogP contribution in [0.5, 0.6) is 0 Å². The second-order valence-electron chi connectivity index (χ2n) is 5.74. The third-order valence-corrected chi connectivity index (χ3v) is 5.39. The Hall–Kier alpha value is -1.66. The first-order valence-corrected chi connectivity index (χ1v) is 8.39. The Bertz CT molecular complexity index is 650. The van der Waals surface area contributed by atoms with E-state index >= 15 is 0 Å². The maximum atomic E-state index is 12.6. The van der Waals surface area contributed by atoms with Crippen LogP contribution in [-0.2, 0) is 16.6 Å². The number of hydrogen-bond donors (Lipinski definition) is 1. The number of carbonyl (C=O) groups excluding carboxylic acids is 1. The van der Waals surface area contributed by atoms with Crippen LogP contribution in [0.4, 0.5) is 0 Å². The molecule has 1 N–H and O–H groups in total. The van der Waals surface area contributed by atoms with Gasteiger partial charge in [-0.05, 0) is 31.7 Å². The number of amides is 1. The van der Waals surface area contributed by atoms with Gasteiger partial charge in [-0.2, -0.15) is 5.10 Å². The van der Waals surface area contributed by atoms with Crippen molar-refractivity contribution >= 4 is 17.2 Å². The van der Waals surface area contributed by atoms with Gasteiger partial charge in [-0.1, -0.05) is 6.07 Å². The van der Waals surface area contributed by atoms with Crippen LogP contribution >= 0.6 is 11.3 Å². The lowest BCUT2D eigenvalue weighted by Gasteiger charge is -2.20. The molecule has 22 heavy (non-hydrogen) atoms. The number of carbonyl (C=O) groups is 1. The summed E-state index contributed by atoms with van der Waals surface area (Å²) in [6.45, 7) is 4.64. The number of rotatable bonds is 4. The average molecular weight is 319 g/mol. The van der Waals surface area contributed by atoms with Crippen molar-refractivity contribution in [2.24, 2.45) is 13.0 Å². The van der Waals surface area contributed by atoms with Crippen LogP contribution in [0.2, 0.25) is 0 Å². The van der Waals surface area contributed by atoms with Crippen LogP contribution in [0.25, 0.3) is 0 Å². The molecule has 1 aliphatic rings. The minimum atomic E-state index is -0.191. The molecule has 3 atom stereocenters. The lowest BCUT2D eigenvalue weighted by atomic mass is 9.94. The van der Waals surface area contributed by atoms with Crippen molar-refractivity contribution in [2.45, 2.75) is 32.4 Å². The molecule has 1 fully saturated rings. The molecule has 0 bridgehead atoms. The molecule has 0 aromatic carbocycles. The average Bonchev–Trinajstić information content (AvgIpc) is 3.21. The molecule has 0 saturated carbocycles. The van der Waals surface area contributed by atoms with Gasteiger partial charge in [0, 0.05) is 29.8 Å². The normalized spacial score (nSPS) is 22.7. The zero-order chi connectivity index (χ0) is 15.7. The summed E-state index contributed by atoms with van der Waals surface area (Å²) in [6.07, 6.45) is 2.38. The quantitative estimate of drug-likeness (QED) is 0.943. The first-order chi connectivity index (χ1) is 10.6. The molecule has 1 amide bonds. The fraction of sp³-hybridized carbons (Fsp3) is 0.500. The van der Waals surface area contributed by atoms with E-state index in [1.807, 2.05) is 49.3 Å². The van der Waals surface area contributed by atoms with Gasteiger partial charge < -0.3 is 10.1 Å². The highest BCUT2D eigenvalue weighted by Gasteiger charge is 2.37. The smallest absolute Gasteiger partial charge is 0.226 e. The Labute approximate surface area is 134 Å². The summed E-state index contributed by atoms with van der Waals surface area (Å²) in [4.78, 5) is 13.8. The van der Waals surface area contributed by atoms with Crippen molar-refractivity contribution in [3.8, 4) is 0 Å². The van der Waals surface area contributed by atoms with Gasteiger partial charge >= 0.3 is 0 Å². The lowest BCUT2D eigenvalue weighted by molar-refractivity contribution is -0.127. The van der Waals surface area contributed by atoms with Gasteiger partial charge in [0.15, 0.2) is 0 Å². The number of thiophene rings is 1. The Kier molecular flexibility index (Phi) is 4.31. The zero-order valence-corrected chi connectivity index (χ0v) is 13.9. The minimum Gasteiger partial charge on any atom is -0.373 e. The van der Waals surface area contributed by atoms with Crippen LogP contribution in [0.3, 0.4) is 0 Å². The minimum absolute atomic E-state index is 0.0312. The third-order valence-electron chi connectivity index (χ3n) is 4.34. The lowest BCUT2D eigenvalue weighted by Crippen LogP contribution is -2.34. The second kappa shape index (κ2) is 6.22. The standard InChI is InChI=1S/C16H21N3O2S/c1-10(14-5-4-8-22-14)18-16(20)12-6-7-21-15(12)13-9-17-19(3)11(13)2/h4-5,8-10,12,15H,6-7H2,1-3H3,(H,18,20)/t10?,12-,15-/m0/s1. The molecule has 1 unspecified atom stereocenters. The van der Waals surface area contributed by atoms with Crippen LogP contribution in [0.1, 0.15) is 41.6 Å². The van der Waals surface area contributed by atoms with Gasteiger partial charge in [0.05, 0.1) is 24.3 Å². The van der Waals surface area contributed by atoms with Crippen LogP contribution in [-0.4, -0.2) is 22.3 Å². The van der Waals surface area contributed by atoms with Gasteiger partial charge in [0.25, 0.3) is 0 Å². The number of nitrogens with one attached hydrogen (secondary N) is 1. The Morgan fingerprint density at radius 2 is 2.41 bits per heavy atom. The van der Waals surface area contributed by atoms with Crippen molar-refractivity contribution < 1.29 is 9.53 Å². The fourth-order valence-electron chi connectivity index (χ4n) is 2.89. The van der Waals surface area contributed by atoms with Crippen molar-refractivity contribution in [3.05, 3.63) is 39.8 Å². The number of aromatic nitrogens is 2. The van der Waals surface area contributed by atoms with Crippen molar-refractivity contribution in [1.29, 1.82) is 0 Å². The van der Waals surface area contributed by atoms with Crippen molar-refractivity contribution in [2.75, 3.05) is 6.61 Å². The molecule has 2 aromatic rings. The van der Waals surface area contributed by atoms with E-state index in [1.54, 1.807) is 11.3 Å². The third kappa shape index (κ3) is 2.80. The SMILES string of the molecule is Cc1c([C@H]2OCC[C@@H]2C(=O)NC(C)c2cccs2)cnn1C. The molecule has 118 valence electrons. The molecule has 0 radical (unpaired) electrons. The van der Waals surface area contributed by atoms with Gasteiger partial charge in [0.1, 0.15) is 0 Å². The van der Waals surface area contributed by atoms with E-state index in [9.17, 15) is 4.79 Å². The Balaban J connectivity index is 1.73. The first kappa shape index (κ1) is 15.2. The van der Waals surface area contributed by atoms with E-state index < -0.39 is 0 Å². The van der Waals surface area contributed by atoms with Crippen molar-refractivity contribution in [1.82, 2.24) is 15.1 Å². The summed E-state index contributed by atoms with van der Waals surface area (Å²) >= 11 is 1.66. The van der Waals surface area contributed by atoms with E-state index in [1.165, 1.54) is 4.88 Å². The largest absolute Gasteiger partial charge is 0.373 e. The summed E-state index contributed by atoms with van der Waals surface area (Å²) in [7, 11) is 1.90. The summed E-state index contributed by atoms with van der Waals surface area (Å²) in [5.74, 6) is -0.0861. The van der Waals surface area contributed by atoms with Gasteiger partial charge in [0.2, 0.25) is 5.91 Å². The van der Waals surface area contributed by atoms with E-state index in [4.69, 9.17) is 4.74 Å². The van der Waals surface area contributed by atoms with E-state index in [0.717, 1.165) is 17.7 Å². The van der Waals surface area contributed by atoms with Gasteiger partial charge in [-0.3, -0.25) is 9.48 Å². The summed E-state index contributed by atoms with van der Waals surface area (Å²) in [5, 5.41) is 9.40. The Morgan fingerprint density at radius 3 is 3.05 bits per heavy atom. The topological polar surface area (TPSA) is 56.1 Å². The Morgan fingerprint density at radius 1 is 1.59 bits per heavy atom. The molecule has 3 heterocycles. The monoisotopic (exact) mass is 319 g/mol.